The molecule has 13 heavy (non-hydrogen) atoms. The highest BCUT2D eigenvalue weighted by Gasteiger charge is 1.92. The van der Waals surface area contributed by atoms with Crippen LogP contribution in [-0.4, -0.2) is 18.3 Å². The number of nitrogens with one attached hydrogen (secondary N) is 1. The molecule has 1 N–H and O–H groups in total. The van der Waals surface area contributed by atoms with E-state index in [0.717, 1.165) is 5.75 Å². The summed E-state index contributed by atoms with van der Waals surface area (Å²) in [5.74, 6) is 1.05. The van der Waals surface area contributed by atoms with Crippen molar-refractivity contribution in [2.75, 3.05) is 12.3 Å². The Kier molecular flexibility index (Phi) is 10.6. The molecule has 0 rings (SSSR count). The van der Waals surface area contributed by atoms with Gasteiger partial charge in [0.25, 0.3) is 0 Å². The van der Waals surface area contributed by atoms with Gasteiger partial charge in [-0.2, -0.15) is 12.6 Å². The Balaban J connectivity index is 2.84. The Morgan fingerprint density at radius 2 is 1.46 bits per heavy atom. The molecule has 0 aromatic carbocycles. The quantitative estimate of drug-likeness (QED) is 0.433. The molecule has 0 aromatic heterocycles. The SMILES string of the molecule is CC(C)NCCCCCCCCS. The molecular weight excluding hydrogens is 178 g/mol. The number of hydrogen-bond acceptors (Lipinski definition) is 2. The van der Waals surface area contributed by atoms with Crippen molar-refractivity contribution in [1.82, 2.24) is 5.32 Å². The molecule has 0 radical (unpaired) electrons. The molecule has 80 valence electrons. The number of rotatable bonds is 9. The topological polar surface area (TPSA) is 12.0 Å². The second-order valence-electron chi connectivity index (χ2n) is 3.95. The largest absolute Gasteiger partial charge is 0.315 e. The van der Waals surface area contributed by atoms with Crippen molar-refractivity contribution in [2.24, 2.45) is 0 Å². The third kappa shape index (κ3) is 12.3. The van der Waals surface area contributed by atoms with Crippen molar-refractivity contribution in [3.63, 3.8) is 0 Å². The zero-order valence-electron chi connectivity index (χ0n) is 9.18. The molecule has 1 nitrogen and oxygen atoms in total. The van der Waals surface area contributed by atoms with Crippen molar-refractivity contribution in [2.45, 2.75) is 58.4 Å². The fourth-order valence-electron chi connectivity index (χ4n) is 1.33. The summed E-state index contributed by atoms with van der Waals surface area (Å²) in [6.07, 6.45) is 8.15. The molecule has 0 bridgehead atoms. The van der Waals surface area contributed by atoms with Crippen LogP contribution in [0.25, 0.3) is 0 Å². The molecular formula is C11H25NS. The van der Waals surface area contributed by atoms with Gasteiger partial charge in [-0.05, 0) is 25.1 Å². The molecule has 0 unspecified atom stereocenters. The van der Waals surface area contributed by atoms with E-state index in [1.54, 1.807) is 0 Å². The van der Waals surface area contributed by atoms with E-state index in [4.69, 9.17) is 0 Å². The Bertz CT molecular complexity index is 94.1. The number of unbranched alkanes of at least 4 members (excludes halogenated alkanes) is 5. The lowest BCUT2D eigenvalue weighted by Gasteiger charge is -2.07. The summed E-state index contributed by atoms with van der Waals surface area (Å²) in [5, 5.41) is 3.44. The van der Waals surface area contributed by atoms with Gasteiger partial charge in [-0.15, -0.1) is 0 Å². The molecule has 0 saturated carbocycles. The van der Waals surface area contributed by atoms with E-state index >= 15 is 0 Å². The van der Waals surface area contributed by atoms with E-state index in [1.165, 1.54) is 45.1 Å². The summed E-state index contributed by atoms with van der Waals surface area (Å²) in [4.78, 5) is 0. The summed E-state index contributed by atoms with van der Waals surface area (Å²) < 4.78 is 0. The first-order valence-electron chi connectivity index (χ1n) is 5.61. The van der Waals surface area contributed by atoms with E-state index in [1.807, 2.05) is 0 Å². The smallest absolute Gasteiger partial charge is 0.00103 e. The normalized spacial score (nSPS) is 11.1. The Morgan fingerprint density at radius 3 is 2.00 bits per heavy atom. The van der Waals surface area contributed by atoms with E-state index in [2.05, 4.69) is 31.8 Å². The van der Waals surface area contributed by atoms with Gasteiger partial charge in [0.05, 0.1) is 0 Å². The molecule has 0 aliphatic rings. The highest BCUT2D eigenvalue weighted by Crippen LogP contribution is 2.05. The monoisotopic (exact) mass is 203 g/mol. The van der Waals surface area contributed by atoms with Crippen LogP contribution in [0.3, 0.4) is 0 Å². The van der Waals surface area contributed by atoms with Crippen molar-refractivity contribution in [1.29, 1.82) is 0 Å². The summed E-state index contributed by atoms with van der Waals surface area (Å²) in [7, 11) is 0. The highest BCUT2D eigenvalue weighted by molar-refractivity contribution is 7.80. The van der Waals surface area contributed by atoms with E-state index in [0.29, 0.717) is 6.04 Å². The van der Waals surface area contributed by atoms with E-state index < -0.39 is 0 Å². The Hall–Kier alpha value is 0.310. The zero-order chi connectivity index (χ0) is 9.94. The average Bonchev–Trinajstić information content (AvgIpc) is 2.09. The fourth-order valence-corrected chi connectivity index (χ4v) is 1.56. The molecule has 0 heterocycles. The van der Waals surface area contributed by atoms with Crippen molar-refractivity contribution >= 4 is 12.6 Å². The van der Waals surface area contributed by atoms with E-state index in [9.17, 15) is 0 Å². The minimum absolute atomic E-state index is 0.643. The standard InChI is InChI=1S/C11H25NS/c1-11(2)12-9-7-5-3-4-6-8-10-13/h11-13H,3-10H2,1-2H3. The Morgan fingerprint density at radius 1 is 0.923 bits per heavy atom. The molecule has 0 atom stereocenters. The first-order chi connectivity index (χ1) is 6.27. The predicted molar refractivity (Wildman–Crippen MR) is 64.7 cm³/mol. The number of hydrogen-bond donors (Lipinski definition) is 2. The minimum Gasteiger partial charge on any atom is -0.315 e. The van der Waals surface area contributed by atoms with Gasteiger partial charge in [-0.3, -0.25) is 0 Å². The van der Waals surface area contributed by atoms with Crippen molar-refractivity contribution in [3.05, 3.63) is 0 Å². The zero-order valence-corrected chi connectivity index (χ0v) is 10.1. The summed E-state index contributed by atoms with van der Waals surface area (Å²) in [6.45, 7) is 5.59. The maximum Gasteiger partial charge on any atom is 0.00103 e. The maximum absolute atomic E-state index is 4.19. The molecule has 0 amide bonds. The molecule has 0 spiro atoms. The van der Waals surface area contributed by atoms with Gasteiger partial charge in [-0.1, -0.05) is 39.5 Å². The van der Waals surface area contributed by atoms with Crippen LogP contribution in [0.4, 0.5) is 0 Å². The van der Waals surface area contributed by atoms with Gasteiger partial charge in [0.2, 0.25) is 0 Å². The minimum atomic E-state index is 0.643. The van der Waals surface area contributed by atoms with Crippen LogP contribution >= 0.6 is 12.6 Å². The molecule has 0 aliphatic carbocycles. The van der Waals surface area contributed by atoms with Gasteiger partial charge < -0.3 is 5.32 Å². The molecule has 2 heteroatoms. The van der Waals surface area contributed by atoms with Crippen LogP contribution in [0.1, 0.15) is 52.4 Å². The van der Waals surface area contributed by atoms with Gasteiger partial charge >= 0.3 is 0 Å². The van der Waals surface area contributed by atoms with Crippen LogP contribution < -0.4 is 5.32 Å². The van der Waals surface area contributed by atoms with Crippen LogP contribution in [0, 0.1) is 0 Å². The fraction of sp³-hybridized carbons (Fsp3) is 1.00. The van der Waals surface area contributed by atoms with Gasteiger partial charge in [0.15, 0.2) is 0 Å². The van der Waals surface area contributed by atoms with Crippen molar-refractivity contribution in [3.8, 4) is 0 Å². The van der Waals surface area contributed by atoms with Gasteiger partial charge in [0.1, 0.15) is 0 Å². The maximum atomic E-state index is 4.19. The lowest BCUT2D eigenvalue weighted by Crippen LogP contribution is -2.23. The van der Waals surface area contributed by atoms with Crippen LogP contribution in [-0.2, 0) is 0 Å². The Labute approximate surface area is 89.1 Å². The molecule has 0 aromatic rings. The third-order valence-electron chi connectivity index (χ3n) is 2.14. The summed E-state index contributed by atoms with van der Waals surface area (Å²) in [6, 6.07) is 0.643. The van der Waals surface area contributed by atoms with Gasteiger partial charge in [0, 0.05) is 6.04 Å². The van der Waals surface area contributed by atoms with Crippen LogP contribution in [0.5, 0.6) is 0 Å². The van der Waals surface area contributed by atoms with Crippen LogP contribution in [0.15, 0.2) is 0 Å². The van der Waals surface area contributed by atoms with Gasteiger partial charge in [-0.25, -0.2) is 0 Å². The first kappa shape index (κ1) is 13.3. The molecule has 0 aliphatic heterocycles. The van der Waals surface area contributed by atoms with Crippen molar-refractivity contribution < 1.29 is 0 Å². The second kappa shape index (κ2) is 10.4. The molecule has 0 fully saturated rings. The average molecular weight is 203 g/mol. The summed E-state index contributed by atoms with van der Waals surface area (Å²) in [5.41, 5.74) is 0. The van der Waals surface area contributed by atoms with Crippen LogP contribution in [0.2, 0.25) is 0 Å². The summed E-state index contributed by atoms with van der Waals surface area (Å²) >= 11 is 4.19. The predicted octanol–water partition coefficient (Wildman–Crippen LogP) is 3.25. The lowest BCUT2D eigenvalue weighted by atomic mass is 10.1. The third-order valence-corrected chi connectivity index (χ3v) is 2.45. The van der Waals surface area contributed by atoms with E-state index in [-0.39, 0.29) is 0 Å². The molecule has 0 saturated heterocycles. The first-order valence-corrected chi connectivity index (χ1v) is 6.25. The highest BCUT2D eigenvalue weighted by atomic mass is 32.1. The number of thiol groups is 1. The lowest BCUT2D eigenvalue weighted by molar-refractivity contribution is 0.536. The second-order valence-corrected chi connectivity index (χ2v) is 4.40.